The number of hydrogen-bond acceptors (Lipinski definition) is 2. The van der Waals surface area contributed by atoms with Crippen molar-refractivity contribution in [2.75, 3.05) is 0 Å². The van der Waals surface area contributed by atoms with Gasteiger partial charge in [0.05, 0.1) is 16.7 Å². The zero-order chi connectivity index (χ0) is 31.9. The van der Waals surface area contributed by atoms with Crippen molar-refractivity contribution in [3.8, 4) is 56.4 Å². The van der Waals surface area contributed by atoms with Crippen molar-refractivity contribution in [3.05, 3.63) is 182 Å². The molecule has 0 aliphatic heterocycles. The standard InChI is InChI=1S/C44H30N4/c1-3-11-31(12-4-1)33-19-23-35(24-20-33)43-45-44(36-25-21-34(22-26-36)32-13-5-2-6-14-32)48(46-43)38-29-27-37(28-30-38)47-41-17-9-7-15-39(41)40-16-8-10-18-42(40)47/h1-30H. The molecule has 4 nitrogen and oxygen atoms in total. The molecule has 2 aromatic heterocycles. The first-order valence-corrected chi connectivity index (χ1v) is 16.2. The minimum absolute atomic E-state index is 0.684. The van der Waals surface area contributed by atoms with E-state index < -0.39 is 0 Å². The molecule has 226 valence electrons. The van der Waals surface area contributed by atoms with E-state index >= 15 is 0 Å². The van der Waals surface area contributed by atoms with Gasteiger partial charge in [-0.1, -0.05) is 146 Å². The number of nitrogens with zero attached hydrogens (tertiary/aromatic N) is 4. The normalized spacial score (nSPS) is 11.3. The Bertz CT molecular complexity index is 2450. The molecule has 0 fully saturated rings. The fourth-order valence-corrected chi connectivity index (χ4v) is 6.63. The average molecular weight is 615 g/mol. The molecular formula is C44H30N4. The van der Waals surface area contributed by atoms with Crippen LogP contribution in [0.3, 0.4) is 0 Å². The van der Waals surface area contributed by atoms with E-state index in [2.05, 4.69) is 174 Å². The van der Waals surface area contributed by atoms with Gasteiger partial charge < -0.3 is 4.57 Å². The lowest BCUT2D eigenvalue weighted by molar-refractivity contribution is 0.889. The molecule has 9 aromatic rings. The van der Waals surface area contributed by atoms with Crippen molar-refractivity contribution in [1.82, 2.24) is 19.3 Å². The quantitative estimate of drug-likeness (QED) is 0.187. The third-order valence-corrected chi connectivity index (χ3v) is 9.04. The fourth-order valence-electron chi connectivity index (χ4n) is 6.63. The lowest BCUT2D eigenvalue weighted by Crippen LogP contribution is -2.01. The van der Waals surface area contributed by atoms with Crippen LogP contribution in [0.25, 0.3) is 78.2 Å². The number of benzene rings is 7. The van der Waals surface area contributed by atoms with Gasteiger partial charge >= 0.3 is 0 Å². The predicted molar refractivity (Wildman–Crippen MR) is 197 cm³/mol. The first-order chi connectivity index (χ1) is 23.8. The Morgan fingerprint density at radius 1 is 0.333 bits per heavy atom. The highest BCUT2D eigenvalue weighted by Crippen LogP contribution is 2.33. The molecule has 9 rings (SSSR count). The summed E-state index contributed by atoms with van der Waals surface area (Å²) in [5.41, 5.74) is 11.1. The van der Waals surface area contributed by atoms with Crippen LogP contribution in [0.2, 0.25) is 0 Å². The highest BCUT2D eigenvalue weighted by atomic mass is 15.4. The summed E-state index contributed by atoms with van der Waals surface area (Å²) in [5, 5.41) is 7.60. The summed E-state index contributed by atoms with van der Waals surface area (Å²) in [6.07, 6.45) is 0. The van der Waals surface area contributed by atoms with Crippen molar-refractivity contribution in [2.24, 2.45) is 0 Å². The largest absolute Gasteiger partial charge is 0.309 e. The van der Waals surface area contributed by atoms with Crippen LogP contribution in [0, 0.1) is 0 Å². The van der Waals surface area contributed by atoms with Gasteiger partial charge in [0, 0.05) is 27.6 Å². The van der Waals surface area contributed by atoms with Gasteiger partial charge in [-0.05, 0) is 58.7 Å². The minimum Gasteiger partial charge on any atom is -0.309 e. The van der Waals surface area contributed by atoms with Gasteiger partial charge in [0.15, 0.2) is 11.6 Å². The number of para-hydroxylation sites is 2. The first kappa shape index (κ1) is 27.8. The van der Waals surface area contributed by atoms with E-state index in [1.165, 1.54) is 32.9 Å². The molecule has 0 spiro atoms. The zero-order valence-corrected chi connectivity index (χ0v) is 26.1. The molecule has 0 saturated heterocycles. The van der Waals surface area contributed by atoms with Gasteiger partial charge in [-0.15, -0.1) is 5.10 Å². The van der Waals surface area contributed by atoms with Crippen molar-refractivity contribution >= 4 is 21.8 Å². The monoisotopic (exact) mass is 614 g/mol. The third-order valence-electron chi connectivity index (χ3n) is 9.04. The second kappa shape index (κ2) is 11.7. The molecule has 2 heterocycles. The van der Waals surface area contributed by atoms with E-state index in [0.29, 0.717) is 5.82 Å². The zero-order valence-electron chi connectivity index (χ0n) is 26.1. The van der Waals surface area contributed by atoms with Crippen molar-refractivity contribution < 1.29 is 0 Å². The van der Waals surface area contributed by atoms with Crippen LogP contribution < -0.4 is 0 Å². The van der Waals surface area contributed by atoms with Crippen LogP contribution in [-0.4, -0.2) is 19.3 Å². The highest BCUT2D eigenvalue weighted by Gasteiger charge is 2.17. The van der Waals surface area contributed by atoms with Gasteiger partial charge in [0.25, 0.3) is 0 Å². The molecule has 0 bridgehead atoms. The van der Waals surface area contributed by atoms with E-state index in [1.54, 1.807) is 0 Å². The molecule has 0 saturated carbocycles. The fraction of sp³-hybridized carbons (Fsp3) is 0. The van der Waals surface area contributed by atoms with Gasteiger partial charge in [0.1, 0.15) is 0 Å². The second-order valence-corrected chi connectivity index (χ2v) is 11.9. The summed E-state index contributed by atoms with van der Waals surface area (Å²) in [6, 6.07) is 63.7. The summed E-state index contributed by atoms with van der Waals surface area (Å²) in [4.78, 5) is 5.13. The van der Waals surface area contributed by atoms with E-state index in [0.717, 1.165) is 39.5 Å². The molecule has 0 amide bonds. The summed E-state index contributed by atoms with van der Waals surface area (Å²) in [6.45, 7) is 0. The summed E-state index contributed by atoms with van der Waals surface area (Å²) < 4.78 is 4.30. The van der Waals surface area contributed by atoms with Gasteiger partial charge in [-0.2, -0.15) is 0 Å². The Morgan fingerprint density at radius 2 is 0.750 bits per heavy atom. The summed E-state index contributed by atoms with van der Waals surface area (Å²) >= 11 is 0. The predicted octanol–water partition coefficient (Wildman–Crippen LogP) is 11.0. The number of rotatable bonds is 6. The van der Waals surface area contributed by atoms with E-state index in [9.17, 15) is 0 Å². The van der Waals surface area contributed by atoms with Crippen LogP contribution in [-0.2, 0) is 0 Å². The van der Waals surface area contributed by atoms with Gasteiger partial charge in [-0.25, -0.2) is 9.67 Å². The number of fused-ring (bicyclic) bond motifs is 3. The van der Waals surface area contributed by atoms with E-state index in [1.807, 2.05) is 16.8 Å². The Balaban J connectivity index is 1.14. The maximum atomic E-state index is 5.13. The van der Waals surface area contributed by atoms with E-state index in [4.69, 9.17) is 10.1 Å². The molecule has 0 aliphatic carbocycles. The Morgan fingerprint density at radius 3 is 1.29 bits per heavy atom. The maximum absolute atomic E-state index is 5.13. The molecule has 0 radical (unpaired) electrons. The van der Waals surface area contributed by atoms with Crippen LogP contribution >= 0.6 is 0 Å². The van der Waals surface area contributed by atoms with E-state index in [-0.39, 0.29) is 0 Å². The Labute approximate surface area is 278 Å². The SMILES string of the molecule is c1ccc(-c2ccc(-c3nc(-c4ccc(-c5ccccc5)cc4)n(-c4ccc(-n5c6ccccc6c6ccccc65)cc4)n3)cc2)cc1. The van der Waals surface area contributed by atoms with Crippen LogP contribution in [0.15, 0.2) is 182 Å². The second-order valence-electron chi connectivity index (χ2n) is 11.9. The Hall–Kier alpha value is -6.52. The molecule has 48 heavy (non-hydrogen) atoms. The van der Waals surface area contributed by atoms with Crippen molar-refractivity contribution in [3.63, 3.8) is 0 Å². The van der Waals surface area contributed by atoms with Crippen molar-refractivity contribution in [2.45, 2.75) is 0 Å². The molecule has 0 unspecified atom stereocenters. The van der Waals surface area contributed by atoms with Crippen molar-refractivity contribution in [1.29, 1.82) is 0 Å². The molecule has 0 aliphatic rings. The number of aromatic nitrogens is 4. The van der Waals surface area contributed by atoms with Gasteiger partial charge in [-0.3, -0.25) is 0 Å². The third kappa shape index (κ3) is 4.88. The van der Waals surface area contributed by atoms with Crippen LogP contribution in [0.4, 0.5) is 0 Å². The maximum Gasteiger partial charge on any atom is 0.182 e. The molecule has 4 heteroatoms. The lowest BCUT2D eigenvalue weighted by Gasteiger charge is -2.11. The smallest absolute Gasteiger partial charge is 0.182 e. The lowest BCUT2D eigenvalue weighted by atomic mass is 10.0. The molecular weight excluding hydrogens is 585 g/mol. The van der Waals surface area contributed by atoms with Crippen LogP contribution in [0.1, 0.15) is 0 Å². The molecule has 7 aromatic carbocycles. The van der Waals surface area contributed by atoms with Crippen LogP contribution in [0.5, 0.6) is 0 Å². The summed E-state index contributed by atoms with van der Waals surface area (Å²) in [5.74, 6) is 1.48. The van der Waals surface area contributed by atoms with Gasteiger partial charge in [0.2, 0.25) is 0 Å². The molecule has 0 atom stereocenters. The minimum atomic E-state index is 0.684. The first-order valence-electron chi connectivity index (χ1n) is 16.2. The summed E-state index contributed by atoms with van der Waals surface area (Å²) in [7, 11) is 0. The topological polar surface area (TPSA) is 35.6 Å². The number of hydrogen-bond donors (Lipinski definition) is 0. The molecule has 0 N–H and O–H groups in total. The average Bonchev–Trinajstić information content (AvgIpc) is 3.76. The highest BCUT2D eigenvalue weighted by molar-refractivity contribution is 6.09. The Kier molecular flexibility index (Phi) is 6.76.